The zero-order valence-corrected chi connectivity index (χ0v) is 9.57. The predicted octanol–water partition coefficient (Wildman–Crippen LogP) is -0.486. The lowest BCUT2D eigenvalue weighted by atomic mass is 9.91. The van der Waals surface area contributed by atoms with E-state index in [0.29, 0.717) is 12.8 Å². The number of aliphatic hydroxyl groups excluding tert-OH is 1. The second-order valence-corrected chi connectivity index (χ2v) is 5.71. The van der Waals surface area contributed by atoms with Crippen molar-refractivity contribution in [1.82, 2.24) is 9.71 Å². The Balaban J connectivity index is 2.11. The Morgan fingerprint density at radius 2 is 2.12 bits per heavy atom. The van der Waals surface area contributed by atoms with Crippen LogP contribution in [-0.4, -0.2) is 41.7 Å². The molecule has 0 amide bonds. The van der Waals surface area contributed by atoms with E-state index < -0.39 is 22.1 Å². The van der Waals surface area contributed by atoms with Crippen LogP contribution in [0.1, 0.15) is 23.3 Å². The fourth-order valence-electron chi connectivity index (χ4n) is 1.62. The minimum absolute atomic E-state index is 0.115. The minimum Gasteiger partial charge on any atom is -0.477 e. The first kappa shape index (κ1) is 12.1. The molecule has 1 aliphatic carbocycles. The van der Waals surface area contributed by atoms with E-state index >= 15 is 0 Å². The van der Waals surface area contributed by atoms with Gasteiger partial charge in [-0.3, -0.25) is 0 Å². The number of H-pyrrole nitrogens is 1. The Morgan fingerprint density at radius 3 is 2.59 bits per heavy atom. The first-order chi connectivity index (χ1) is 7.88. The summed E-state index contributed by atoms with van der Waals surface area (Å²) in [6.07, 6.45) is 1.44. The van der Waals surface area contributed by atoms with E-state index in [9.17, 15) is 13.2 Å². The average molecular weight is 260 g/mol. The smallest absolute Gasteiger partial charge is 0.352 e. The number of rotatable bonds is 4. The van der Waals surface area contributed by atoms with Crippen LogP contribution in [0.25, 0.3) is 0 Å². The highest BCUT2D eigenvalue weighted by molar-refractivity contribution is 7.89. The average Bonchev–Trinajstić information content (AvgIpc) is 2.64. The quantitative estimate of drug-likeness (QED) is 0.582. The molecule has 1 saturated carbocycles. The van der Waals surface area contributed by atoms with Gasteiger partial charge in [-0.1, -0.05) is 0 Å². The highest BCUT2D eigenvalue weighted by Crippen LogP contribution is 2.22. The third-order valence-electron chi connectivity index (χ3n) is 2.63. The van der Waals surface area contributed by atoms with Crippen molar-refractivity contribution in [3.8, 4) is 0 Å². The van der Waals surface area contributed by atoms with E-state index in [-0.39, 0.29) is 16.6 Å². The zero-order valence-electron chi connectivity index (χ0n) is 8.75. The van der Waals surface area contributed by atoms with Crippen molar-refractivity contribution in [2.75, 3.05) is 0 Å². The summed E-state index contributed by atoms with van der Waals surface area (Å²) in [5, 5.41) is 17.7. The summed E-state index contributed by atoms with van der Waals surface area (Å²) in [5.74, 6) is -1.22. The zero-order chi connectivity index (χ0) is 12.6. The maximum atomic E-state index is 11.8. The summed E-state index contributed by atoms with van der Waals surface area (Å²) < 4.78 is 25.9. The van der Waals surface area contributed by atoms with Crippen molar-refractivity contribution in [2.24, 2.45) is 0 Å². The lowest BCUT2D eigenvalue weighted by molar-refractivity contribution is 0.0689. The number of sulfonamides is 1. The van der Waals surface area contributed by atoms with E-state index in [0.717, 1.165) is 12.3 Å². The van der Waals surface area contributed by atoms with Gasteiger partial charge in [0.1, 0.15) is 10.6 Å². The lowest BCUT2D eigenvalue weighted by Gasteiger charge is -2.31. The van der Waals surface area contributed by atoms with Gasteiger partial charge in [0.25, 0.3) is 0 Å². The summed E-state index contributed by atoms with van der Waals surface area (Å²) in [7, 11) is -3.71. The van der Waals surface area contributed by atoms with Crippen LogP contribution >= 0.6 is 0 Å². The first-order valence-electron chi connectivity index (χ1n) is 5.00. The molecule has 0 spiro atoms. The van der Waals surface area contributed by atoms with Crippen LogP contribution in [0.3, 0.4) is 0 Å². The van der Waals surface area contributed by atoms with Gasteiger partial charge in [0, 0.05) is 12.2 Å². The molecule has 1 aromatic heterocycles. The summed E-state index contributed by atoms with van der Waals surface area (Å²) in [4.78, 5) is 12.8. The highest BCUT2D eigenvalue weighted by Gasteiger charge is 2.31. The molecule has 0 radical (unpaired) electrons. The summed E-state index contributed by atoms with van der Waals surface area (Å²) >= 11 is 0. The molecule has 2 rings (SSSR count). The molecule has 0 unspecified atom stereocenters. The number of aromatic carboxylic acids is 1. The maximum Gasteiger partial charge on any atom is 0.352 e. The molecule has 8 heteroatoms. The lowest BCUT2D eigenvalue weighted by Crippen LogP contribution is -2.46. The van der Waals surface area contributed by atoms with Crippen LogP contribution in [0.15, 0.2) is 17.2 Å². The molecule has 0 aliphatic heterocycles. The van der Waals surface area contributed by atoms with Crippen molar-refractivity contribution >= 4 is 16.0 Å². The van der Waals surface area contributed by atoms with Crippen molar-refractivity contribution < 1.29 is 23.4 Å². The van der Waals surface area contributed by atoms with Crippen LogP contribution in [0.4, 0.5) is 0 Å². The van der Waals surface area contributed by atoms with E-state index in [2.05, 4.69) is 9.71 Å². The Bertz CT molecular complexity index is 529. The fourth-order valence-corrected chi connectivity index (χ4v) is 2.88. The van der Waals surface area contributed by atoms with Gasteiger partial charge in [0.05, 0.1) is 6.10 Å². The van der Waals surface area contributed by atoms with Crippen molar-refractivity contribution in [3.63, 3.8) is 0 Å². The first-order valence-corrected chi connectivity index (χ1v) is 6.49. The van der Waals surface area contributed by atoms with E-state index in [1.165, 1.54) is 0 Å². The number of aliphatic hydroxyl groups is 1. The molecule has 0 bridgehead atoms. The molecule has 1 aromatic rings. The SMILES string of the molecule is O=C(O)c1cc(S(=O)(=O)NC2CC(O)C2)c[nH]1. The van der Waals surface area contributed by atoms with Gasteiger partial charge in [-0.15, -0.1) is 0 Å². The van der Waals surface area contributed by atoms with E-state index in [1.54, 1.807) is 0 Å². The molecule has 0 aromatic carbocycles. The van der Waals surface area contributed by atoms with Gasteiger partial charge in [-0.05, 0) is 18.9 Å². The third kappa shape index (κ3) is 2.48. The highest BCUT2D eigenvalue weighted by atomic mass is 32.2. The molecule has 94 valence electrons. The van der Waals surface area contributed by atoms with Crippen LogP contribution in [0.5, 0.6) is 0 Å². The summed E-state index contributed by atoms with van der Waals surface area (Å²) in [5.41, 5.74) is -0.181. The number of hydrogen-bond acceptors (Lipinski definition) is 4. The number of hydrogen-bond donors (Lipinski definition) is 4. The van der Waals surface area contributed by atoms with Gasteiger partial charge in [0.15, 0.2) is 0 Å². The van der Waals surface area contributed by atoms with Crippen LogP contribution in [0.2, 0.25) is 0 Å². The Hall–Kier alpha value is -1.38. The fraction of sp³-hybridized carbons (Fsp3) is 0.444. The number of carboxylic acids is 1. The Morgan fingerprint density at radius 1 is 1.47 bits per heavy atom. The number of aromatic nitrogens is 1. The molecule has 1 heterocycles. The van der Waals surface area contributed by atoms with Crippen LogP contribution < -0.4 is 4.72 Å². The molecule has 1 fully saturated rings. The van der Waals surface area contributed by atoms with Gasteiger partial charge in [-0.25, -0.2) is 17.9 Å². The topological polar surface area (TPSA) is 119 Å². The summed E-state index contributed by atoms with van der Waals surface area (Å²) in [6.45, 7) is 0. The number of nitrogens with one attached hydrogen (secondary N) is 2. The van der Waals surface area contributed by atoms with Crippen molar-refractivity contribution in [2.45, 2.75) is 29.9 Å². The number of aromatic amines is 1. The molecule has 4 N–H and O–H groups in total. The van der Waals surface area contributed by atoms with Gasteiger partial charge in [0.2, 0.25) is 10.0 Å². The normalized spacial score (nSPS) is 24.3. The van der Waals surface area contributed by atoms with Gasteiger partial charge < -0.3 is 15.2 Å². The number of carbonyl (C=O) groups is 1. The van der Waals surface area contributed by atoms with E-state index in [1.807, 2.05) is 0 Å². The van der Waals surface area contributed by atoms with Crippen molar-refractivity contribution in [1.29, 1.82) is 0 Å². The van der Waals surface area contributed by atoms with Crippen LogP contribution in [0, 0.1) is 0 Å². The number of carboxylic acid groups (broad SMARTS) is 1. The van der Waals surface area contributed by atoms with Gasteiger partial charge in [-0.2, -0.15) is 0 Å². The van der Waals surface area contributed by atoms with Gasteiger partial charge >= 0.3 is 5.97 Å². The monoisotopic (exact) mass is 260 g/mol. The van der Waals surface area contributed by atoms with Crippen molar-refractivity contribution in [3.05, 3.63) is 18.0 Å². The van der Waals surface area contributed by atoms with Crippen LogP contribution in [-0.2, 0) is 10.0 Å². The second kappa shape index (κ2) is 4.13. The Labute approximate surface area is 97.5 Å². The molecule has 0 atom stereocenters. The predicted molar refractivity (Wildman–Crippen MR) is 57.1 cm³/mol. The molecule has 0 saturated heterocycles. The third-order valence-corrected chi connectivity index (χ3v) is 4.13. The largest absolute Gasteiger partial charge is 0.477 e. The van der Waals surface area contributed by atoms with E-state index in [4.69, 9.17) is 10.2 Å². The molecule has 17 heavy (non-hydrogen) atoms. The Kier molecular flexibility index (Phi) is 2.94. The molecular formula is C9H12N2O5S. The summed E-state index contributed by atoms with van der Waals surface area (Å²) in [6, 6.07) is 0.776. The molecule has 7 nitrogen and oxygen atoms in total. The minimum atomic E-state index is -3.71. The molecule has 1 aliphatic rings. The maximum absolute atomic E-state index is 11.8. The standard InChI is InChI=1S/C9H12N2O5S/c12-6-1-5(2-6)11-17(15,16)7-3-8(9(13)14)10-4-7/h3-6,10-12H,1-2H2,(H,13,14). The molecular weight excluding hydrogens is 248 g/mol. The second-order valence-electron chi connectivity index (χ2n) is 4.00.